The fraction of sp³-hybridized carbons (Fsp3) is 0.909. The lowest BCUT2D eigenvalue weighted by Gasteiger charge is -2.20. The van der Waals surface area contributed by atoms with Crippen molar-refractivity contribution in [1.82, 2.24) is 0 Å². The highest BCUT2D eigenvalue weighted by Crippen LogP contribution is 2.14. The number of aliphatic hydroxyl groups excluding tert-OH is 1. The number of unbranched alkanes of at least 4 members (excludes halogenated alkanes) is 2. The molecule has 0 rings (SSSR count). The van der Waals surface area contributed by atoms with Crippen LogP contribution in [0.25, 0.3) is 0 Å². The van der Waals surface area contributed by atoms with Crippen LogP contribution in [0.15, 0.2) is 0 Å². The minimum absolute atomic E-state index is 0.0369. The first kappa shape index (κ1) is 13.4. The lowest BCUT2D eigenvalue weighted by molar-refractivity contribution is -0.147. The van der Waals surface area contributed by atoms with Gasteiger partial charge in [-0.3, -0.25) is 4.79 Å². The van der Waals surface area contributed by atoms with Crippen molar-refractivity contribution in [2.45, 2.75) is 46.5 Å². The van der Waals surface area contributed by atoms with Crippen LogP contribution in [-0.4, -0.2) is 24.3 Å². The number of hydrogen-bond acceptors (Lipinski definition) is 3. The van der Waals surface area contributed by atoms with Gasteiger partial charge in [-0.25, -0.2) is 0 Å². The van der Waals surface area contributed by atoms with Gasteiger partial charge >= 0.3 is 5.97 Å². The molecule has 0 aliphatic carbocycles. The summed E-state index contributed by atoms with van der Waals surface area (Å²) in [6.07, 6.45) is 3.57. The van der Waals surface area contributed by atoms with E-state index in [1.807, 2.05) is 13.8 Å². The van der Waals surface area contributed by atoms with Crippen molar-refractivity contribution in [3.63, 3.8) is 0 Å². The predicted molar refractivity (Wildman–Crippen MR) is 56.0 cm³/mol. The maximum absolute atomic E-state index is 11.2. The Morgan fingerprint density at radius 3 is 2.50 bits per heavy atom. The monoisotopic (exact) mass is 202 g/mol. The average Bonchev–Trinajstić information content (AvgIpc) is 2.16. The molecule has 3 nitrogen and oxygen atoms in total. The molecule has 0 amide bonds. The van der Waals surface area contributed by atoms with E-state index in [1.54, 1.807) is 0 Å². The van der Waals surface area contributed by atoms with E-state index in [2.05, 4.69) is 6.92 Å². The first-order chi connectivity index (χ1) is 6.52. The largest absolute Gasteiger partial charge is 0.465 e. The van der Waals surface area contributed by atoms with Crippen LogP contribution in [0.5, 0.6) is 0 Å². The van der Waals surface area contributed by atoms with Gasteiger partial charge in [0.15, 0.2) is 0 Å². The van der Waals surface area contributed by atoms with E-state index < -0.39 is 0 Å². The predicted octanol–water partition coefficient (Wildman–Crippen LogP) is 2.13. The van der Waals surface area contributed by atoms with Crippen molar-refractivity contribution in [3.05, 3.63) is 0 Å². The molecular weight excluding hydrogens is 180 g/mol. The molecule has 3 heteroatoms. The summed E-state index contributed by atoms with van der Waals surface area (Å²) in [5.74, 6) is -0.153. The number of carbonyl (C=O) groups is 1. The van der Waals surface area contributed by atoms with Gasteiger partial charge < -0.3 is 9.84 Å². The standard InChI is InChI=1S/C11H22O3/c1-4-5-6-7-10(13)14-9-11(2,3)8-12/h12H,4-9H2,1-3H3. The molecular formula is C11H22O3. The smallest absolute Gasteiger partial charge is 0.305 e. The summed E-state index contributed by atoms with van der Waals surface area (Å²) in [5.41, 5.74) is -0.319. The van der Waals surface area contributed by atoms with Crippen molar-refractivity contribution in [2.24, 2.45) is 5.41 Å². The molecule has 0 aromatic carbocycles. The zero-order valence-electron chi connectivity index (χ0n) is 9.51. The molecule has 0 unspecified atom stereocenters. The topological polar surface area (TPSA) is 46.5 Å². The molecule has 1 N–H and O–H groups in total. The van der Waals surface area contributed by atoms with E-state index in [0.717, 1.165) is 19.3 Å². The number of hydrogen-bond donors (Lipinski definition) is 1. The van der Waals surface area contributed by atoms with E-state index in [4.69, 9.17) is 9.84 Å². The van der Waals surface area contributed by atoms with Crippen LogP contribution < -0.4 is 0 Å². The molecule has 0 bridgehead atoms. The lowest BCUT2D eigenvalue weighted by atomic mass is 9.97. The van der Waals surface area contributed by atoms with E-state index in [0.29, 0.717) is 13.0 Å². The highest BCUT2D eigenvalue weighted by Gasteiger charge is 2.18. The van der Waals surface area contributed by atoms with Crippen molar-refractivity contribution in [1.29, 1.82) is 0 Å². The molecule has 0 aliphatic rings. The van der Waals surface area contributed by atoms with E-state index >= 15 is 0 Å². The van der Waals surface area contributed by atoms with Crippen LogP contribution >= 0.6 is 0 Å². The lowest BCUT2D eigenvalue weighted by Crippen LogP contribution is -2.25. The molecule has 84 valence electrons. The molecule has 0 fully saturated rings. The fourth-order valence-electron chi connectivity index (χ4n) is 0.913. The first-order valence-electron chi connectivity index (χ1n) is 5.28. The summed E-state index contributed by atoms with van der Waals surface area (Å²) in [6.45, 7) is 6.17. The molecule has 0 aromatic rings. The SMILES string of the molecule is CCCCCC(=O)OCC(C)(C)CO. The van der Waals surface area contributed by atoms with Gasteiger partial charge in [0.2, 0.25) is 0 Å². The third-order valence-electron chi connectivity index (χ3n) is 2.04. The van der Waals surface area contributed by atoms with Crippen molar-refractivity contribution in [2.75, 3.05) is 13.2 Å². The molecule has 0 radical (unpaired) electrons. The first-order valence-corrected chi connectivity index (χ1v) is 5.28. The van der Waals surface area contributed by atoms with Crippen molar-refractivity contribution < 1.29 is 14.6 Å². The summed E-state index contributed by atoms with van der Waals surface area (Å²) in [7, 11) is 0. The molecule has 0 aliphatic heterocycles. The maximum atomic E-state index is 11.2. The summed E-state index contributed by atoms with van der Waals surface area (Å²) >= 11 is 0. The van der Waals surface area contributed by atoms with Gasteiger partial charge in [0, 0.05) is 11.8 Å². The van der Waals surface area contributed by atoms with Gasteiger partial charge in [0.25, 0.3) is 0 Å². The van der Waals surface area contributed by atoms with Gasteiger partial charge in [-0.2, -0.15) is 0 Å². The summed E-state index contributed by atoms with van der Waals surface area (Å²) in [5, 5.41) is 8.93. The zero-order valence-corrected chi connectivity index (χ0v) is 9.51. The second kappa shape index (κ2) is 6.82. The molecule has 0 saturated heterocycles. The zero-order chi connectivity index (χ0) is 11.0. The van der Waals surface area contributed by atoms with Crippen LogP contribution in [0.4, 0.5) is 0 Å². The Morgan fingerprint density at radius 2 is 2.00 bits per heavy atom. The van der Waals surface area contributed by atoms with Crippen LogP contribution in [0.1, 0.15) is 46.5 Å². The second-order valence-corrected chi connectivity index (χ2v) is 4.44. The average molecular weight is 202 g/mol. The summed E-state index contributed by atoms with van der Waals surface area (Å²) in [4.78, 5) is 11.2. The van der Waals surface area contributed by atoms with E-state index in [9.17, 15) is 4.79 Å². The van der Waals surface area contributed by atoms with Gasteiger partial charge in [-0.1, -0.05) is 33.6 Å². The maximum Gasteiger partial charge on any atom is 0.305 e. The van der Waals surface area contributed by atoms with Crippen LogP contribution in [0.3, 0.4) is 0 Å². The number of carbonyl (C=O) groups excluding carboxylic acids is 1. The minimum Gasteiger partial charge on any atom is -0.465 e. The van der Waals surface area contributed by atoms with Gasteiger partial charge in [0.1, 0.15) is 0 Å². The Bertz CT molecular complexity index is 164. The van der Waals surface area contributed by atoms with Crippen molar-refractivity contribution in [3.8, 4) is 0 Å². The third-order valence-corrected chi connectivity index (χ3v) is 2.04. The Hall–Kier alpha value is -0.570. The molecule has 0 aromatic heterocycles. The number of aliphatic hydroxyl groups is 1. The number of esters is 1. The third kappa shape index (κ3) is 6.89. The normalized spacial score (nSPS) is 11.4. The molecule has 0 spiro atoms. The van der Waals surface area contributed by atoms with Crippen LogP contribution in [0.2, 0.25) is 0 Å². The summed E-state index contributed by atoms with van der Waals surface area (Å²) in [6, 6.07) is 0. The molecule has 0 atom stereocenters. The second-order valence-electron chi connectivity index (χ2n) is 4.44. The van der Waals surface area contributed by atoms with Crippen molar-refractivity contribution >= 4 is 5.97 Å². The Labute approximate surface area is 86.5 Å². The van der Waals surface area contributed by atoms with Crippen LogP contribution in [0, 0.1) is 5.41 Å². The Balaban J connectivity index is 3.53. The van der Waals surface area contributed by atoms with Crippen LogP contribution in [-0.2, 0) is 9.53 Å². The molecule has 0 saturated carbocycles. The number of rotatable bonds is 7. The van der Waals surface area contributed by atoms with Gasteiger partial charge in [0.05, 0.1) is 13.2 Å². The minimum atomic E-state index is -0.319. The van der Waals surface area contributed by atoms with E-state index in [1.165, 1.54) is 0 Å². The molecule has 0 heterocycles. The highest BCUT2D eigenvalue weighted by molar-refractivity contribution is 5.69. The van der Waals surface area contributed by atoms with Gasteiger partial charge in [-0.05, 0) is 6.42 Å². The van der Waals surface area contributed by atoms with Gasteiger partial charge in [-0.15, -0.1) is 0 Å². The quantitative estimate of drug-likeness (QED) is 0.508. The summed E-state index contributed by atoms with van der Waals surface area (Å²) < 4.78 is 5.05. The highest BCUT2D eigenvalue weighted by atomic mass is 16.5. The van der Waals surface area contributed by atoms with E-state index in [-0.39, 0.29) is 18.0 Å². The Kier molecular flexibility index (Phi) is 6.54. The molecule has 14 heavy (non-hydrogen) atoms. The number of ether oxygens (including phenoxy) is 1. The Morgan fingerprint density at radius 1 is 1.36 bits per heavy atom. The fourth-order valence-corrected chi connectivity index (χ4v) is 0.913.